The van der Waals surface area contributed by atoms with Gasteiger partial charge in [0.1, 0.15) is 11.3 Å². The molecular weight excluding hydrogens is 358 g/mol. The zero-order chi connectivity index (χ0) is 16.2. The molecule has 0 aliphatic rings. The summed E-state index contributed by atoms with van der Waals surface area (Å²) in [5.74, 6) is 0.670. The van der Waals surface area contributed by atoms with Gasteiger partial charge in [0, 0.05) is 29.0 Å². The highest BCUT2D eigenvalue weighted by Gasteiger charge is 2.13. The zero-order valence-electron chi connectivity index (χ0n) is 12.5. The summed E-state index contributed by atoms with van der Waals surface area (Å²) in [4.78, 5) is 8.69. The van der Waals surface area contributed by atoms with Crippen LogP contribution in [0.2, 0.25) is 0 Å². The van der Waals surface area contributed by atoms with Gasteiger partial charge >= 0.3 is 0 Å². The van der Waals surface area contributed by atoms with Gasteiger partial charge in [0.05, 0.1) is 24.4 Å². The second-order valence-electron chi connectivity index (χ2n) is 5.02. The van der Waals surface area contributed by atoms with Crippen molar-refractivity contribution in [1.29, 1.82) is 0 Å². The average Bonchev–Trinajstić information content (AvgIpc) is 2.59. The third-order valence-corrected chi connectivity index (χ3v) is 3.96. The molecular formula is C17H16BrN3O2. The van der Waals surface area contributed by atoms with E-state index in [0.717, 1.165) is 26.8 Å². The minimum absolute atomic E-state index is 0.344. The van der Waals surface area contributed by atoms with Gasteiger partial charge in [-0.15, -0.1) is 0 Å². The zero-order valence-corrected chi connectivity index (χ0v) is 14.1. The first-order chi connectivity index (χ1) is 11.2. The predicted molar refractivity (Wildman–Crippen MR) is 93.7 cm³/mol. The lowest BCUT2D eigenvalue weighted by Crippen LogP contribution is -2.13. The molecule has 0 fully saturated rings. The van der Waals surface area contributed by atoms with Gasteiger partial charge in [-0.25, -0.2) is 0 Å². The van der Waals surface area contributed by atoms with Gasteiger partial charge < -0.3 is 15.2 Å². The van der Waals surface area contributed by atoms with Crippen LogP contribution in [0.15, 0.2) is 53.3 Å². The SMILES string of the molecule is COc1ccccc1C(O)CNc1ccnc2cc(Br)cnc12. The van der Waals surface area contributed by atoms with Crippen LogP contribution in [0.4, 0.5) is 5.69 Å². The maximum atomic E-state index is 10.4. The van der Waals surface area contributed by atoms with E-state index < -0.39 is 6.10 Å². The van der Waals surface area contributed by atoms with Crippen LogP contribution in [0, 0.1) is 0 Å². The number of benzene rings is 1. The molecule has 1 unspecified atom stereocenters. The summed E-state index contributed by atoms with van der Waals surface area (Å²) < 4.78 is 6.17. The Bertz CT molecular complexity index is 826. The Labute approximate surface area is 142 Å². The van der Waals surface area contributed by atoms with Gasteiger partial charge in [-0.3, -0.25) is 9.97 Å². The maximum absolute atomic E-state index is 10.4. The number of hydrogen-bond acceptors (Lipinski definition) is 5. The number of aliphatic hydroxyl groups excluding tert-OH is 1. The van der Waals surface area contributed by atoms with Gasteiger partial charge in [0.15, 0.2) is 0 Å². The second kappa shape index (κ2) is 6.93. The van der Waals surface area contributed by atoms with Gasteiger partial charge in [0.2, 0.25) is 0 Å². The number of aromatic nitrogens is 2. The average molecular weight is 374 g/mol. The third-order valence-electron chi connectivity index (χ3n) is 3.53. The number of ether oxygens (including phenoxy) is 1. The molecule has 23 heavy (non-hydrogen) atoms. The highest BCUT2D eigenvalue weighted by Crippen LogP contribution is 2.26. The molecule has 3 rings (SSSR count). The number of pyridine rings is 2. The van der Waals surface area contributed by atoms with E-state index in [-0.39, 0.29) is 0 Å². The number of halogens is 1. The molecule has 0 amide bonds. The molecule has 0 saturated carbocycles. The summed E-state index contributed by atoms with van der Waals surface area (Å²) in [6.45, 7) is 0.344. The number of hydrogen-bond donors (Lipinski definition) is 2. The van der Waals surface area contributed by atoms with Crippen LogP contribution in [0.3, 0.4) is 0 Å². The van der Waals surface area contributed by atoms with E-state index in [0.29, 0.717) is 12.3 Å². The Morgan fingerprint density at radius 2 is 2.09 bits per heavy atom. The minimum Gasteiger partial charge on any atom is -0.496 e. The fourth-order valence-corrected chi connectivity index (χ4v) is 2.73. The monoisotopic (exact) mass is 373 g/mol. The lowest BCUT2D eigenvalue weighted by molar-refractivity contribution is 0.187. The minimum atomic E-state index is -0.690. The Kier molecular flexibility index (Phi) is 4.73. The van der Waals surface area contributed by atoms with E-state index in [4.69, 9.17) is 4.74 Å². The number of fused-ring (bicyclic) bond motifs is 1. The van der Waals surface area contributed by atoms with Crippen LogP contribution < -0.4 is 10.1 Å². The number of nitrogens with zero attached hydrogens (tertiary/aromatic N) is 2. The Balaban J connectivity index is 1.80. The van der Waals surface area contributed by atoms with Crippen molar-refractivity contribution in [3.8, 4) is 5.75 Å². The molecule has 0 radical (unpaired) electrons. The Morgan fingerprint density at radius 1 is 1.26 bits per heavy atom. The first kappa shape index (κ1) is 15.7. The number of aliphatic hydroxyl groups is 1. The smallest absolute Gasteiger partial charge is 0.124 e. The molecule has 0 aliphatic carbocycles. The van der Waals surface area contributed by atoms with E-state index in [1.54, 1.807) is 19.5 Å². The molecule has 2 aromatic heterocycles. The van der Waals surface area contributed by atoms with Crippen LogP contribution in [0.1, 0.15) is 11.7 Å². The topological polar surface area (TPSA) is 67.3 Å². The third kappa shape index (κ3) is 3.43. The summed E-state index contributed by atoms with van der Waals surface area (Å²) in [6.07, 6.45) is 2.75. The predicted octanol–water partition coefficient (Wildman–Crippen LogP) is 3.55. The number of nitrogens with one attached hydrogen (secondary N) is 1. The lowest BCUT2D eigenvalue weighted by atomic mass is 10.1. The normalized spacial score (nSPS) is 12.1. The number of anilines is 1. The van der Waals surface area contributed by atoms with Crippen molar-refractivity contribution in [2.24, 2.45) is 0 Å². The molecule has 0 spiro atoms. The van der Waals surface area contributed by atoms with Crippen LogP contribution in [-0.2, 0) is 0 Å². The summed E-state index contributed by atoms with van der Waals surface area (Å²) in [5.41, 5.74) is 3.13. The maximum Gasteiger partial charge on any atom is 0.124 e. The molecule has 118 valence electrons. The van der Waals surface area contributed by atoms with Crippen molar-refractivity contribution in [3.63, 3.8) is 0 Å². The van der Waals surface area contributed by atoms with Crippen LogP contribution >= 0.6 is 15.9 Å². The summed E-state index contributed by atoms with van der Waals surface area (Å²) in [6, 6.07) is 11.2. The highest BCUT2D eigenvalue weighted by molar-refractivity contribution is 9.10. The Morgan fingerprint density at radius 3 is 2.91 bits per heavy atom. The van der Waals surface area contributed by atoms with Gasteiger partial charge in [-0.05, 0) is 34.1 Å². The largest absolute Gasteiger partial charge is 0.496 e. The lowest BCUT2D eigenvalue weighted by Gasteiger charge is -2.16. The summed E-state index contributed by atoms with van der Waals surface area (Å²) in [7, 11) is 1.59. The van der Waals surface area contributed by atoms with Crippen molar-refractivity contribution < 1.29 is 9.84 Å². The van der Waals surface area contributed by atoms with E-state index >= 15 is 0 Å². The Hall–Kier alpha value is -2.18. The van der Waals surface area contributed by atoms with E-state index in [1.807, 2.05) is 36.4 Å². The number of para-hydroxylation sites is 1. The second-order valence-corrected chi connectivity index (χ2v) is 5.93. The molecule has 0 saturated heterocycles. The van der Waals surface area contributed by atoms with Crippen molar-refractivity contribution in [2.45, 2.75) is 6.10 Å². The molecule has 3 aromatic rings. The number of rotatable bonds is 5. The van der Waals surface area contributed by atoms with Crippen molar-refractivity contribution in [1.82, 2.24) is 9.97 Å². The van der Waals surface area contributed by atoms with Gasteiger partial charge in [0.25, 0.3) is 0 Å². The molecule has 2 heterocycles. The molecule has 1 aromatic carbocycles. The van der Waals surface area contributed by atoms with E-state index in [1.165, 1.54) is 0 Å². The van der Waals surface area contributed by atoms with E-state index in [2.05, 4.69) is 31.2 Å². The first-order valence-corrected chi connectivity index (χ1v) is 7.93. The number of methoxy groups -OCH3 is 1. The van der Waals surface area contributed by atoms with Crippen molar-refractivity contribution in [3.05, 3.63) is 58.8 Å². The van der Waals surface area contributed by atoms with Crippen LogP contribution in [0.25, 0.3) is 11.0 Å². The van der Waals surface area contributed by atoms with E-state index in [9.17, 15) is 5.11 Å². The fraction of sp³-hybridized carbons (Fsp3) is 0.176. The standard InChI is InChI=1S/C17H16BrN3O2/c1-23-16-5-3-2-4-12(16)15(22)10-20-13-6-7-19-14-8-11(18)9-21-17(13)14/h2-9,15,22H,10H2,1H3,(H,19,20). The van der Waals surface area contributed by atoms with Crippen LogP contribution in [-0.4, -0.2) is 28.7 Å². The van der Waals surface area contributed by atoms with Crippen molar-refractivity contribution >= 4 is 32.7 Å². The van der Waals surface area contributed by atoms with Crippen molar-refractivity contribution in [2.75, 3.05) is 19.0 Å². The molecule has 5 nitrogen and oxygen atoms in total. The van der Waals surface area contributed by atoms with Crippen LogP contribution in [0.5, 0.6) is 5.75 Å². The van der Waals surface area contributed by atoms with Gasteiger partial charge in [-0.2, -0.15) is 0 Å². The summed E-state index contributed by atoms with van der Waals surface area (Å²) >= 11 is 3.39. The molecule has 2 N–H and O–H groups in total. The quantitative estimate of drug-likeness (QED) is 0.715. The molecule has 0 aliphatic heterocycles. The molecule has 0 bridgehead atoms. The van der Waals surface area contributed by atoms with Gasteiger partial charge in [-0.1, -0.05) is 18.2 Å². The molecule has 6 heteroatoms. The highest BCUT2D eigenvalue weighted by atomic mass is 79.9. The first-order valence-electron chi connectivity index (χ1n) is 7.14. The fourth-order valence-electron chi connectivity index (χ4n) is 2.41. The molecule has 1 atom stereocenters. The summed E-state index contributed by atoms with van der Waals surface area (Å²) in [5, 5.41) is 13.7.